The van der Waals surface area contributed by atoms with Crippen molar-refractivity contribution in [1.82, 2.24) is 0 Å². The van der Waals surface area contributed by atoms with Crippen molar-refractivity contribution in [2.45, 2.75) is 13.3 Å². The molecular weight excluding hydrogens is 411 g/mol. The van der Waals surface area contributed by atoms with E-state index in [1.54, 1.807) is 0 Å². The Morgan fingerprint density at radius 1 is 1.16 bits per heavy atom. The number of carboxylic acid groups (broad SMARTS) is 2. The van der Waals surface area contributed by atoms with E-state index in [2.05, 4.69) is 12.2 Å². The molecule has 0 amide bonds. The minimum absolute atomic E-state index is 0. The van der Waals surface area contributed by atoms with Gasteiger partial charge in [-0.1, -0.05) is 6.07 Å². The molecule has 1 aliphatic rings. The fourth-order valence-corrected chi connectivity index (χ4v) is 1.44. The van der Waals surface area contributed by atoms with E-state index in [0.717, 1.165) is 6.42 Å². The Hall–Kier alpha value is -1.49. The molecule has 0 heterocycles. The van der Waals surface area contributed by atoms with Crippen molar-refractivity contribution in [2.24, 2.45) is 0 Å². The number of rotatable bonds is 2. The summed E-state index contributed by atoms with van der Waals surface area (Å²) in [5.74, 6) is -2.22. The minimum atomic E-state index is -1.11. The van der Waals surface area contributed by atoms with Crippen LogP contribution in [0.1, 0.15) is 32.7 Å². The molecule has 0 saturated heterocycles. The Balaban J connectivity index is 0.000000454. The molecule has 5 heteroatoms. The molecular formula is C14H13HfO4-. The molecule has 0 bridgehead atoms. The van der Waals surface area contributed by atoms with Gasteiger partial charge in [0.05, 0.1) is 11.1 Å². The first-order valence-electron chi connectivity index (χ1n) is 5.32. The molecule has 0 fully saturated rings. The van der Waals surface area contributed by atoms with E-state index in [1.807, 2.05) is 12.2 Å². The van der Waals surface area contributed by atoms with Gasteiger partial charge in [0.1, 0.15) is 0 Å². The van der Waals surface area contributed by atoms with Gasteiger partial charge in [0.15, 0.2) is 0 Å². The first-order chi connectivity index (χ1) is 8.54. The monoisotopic (exact) mass is 425 g/mol. The smallest absolute Gasteiger partial charge is 0.335 e. The fraction of sp³-hybridized carbons (Fsp3) is 0.143. The third-order valence-electron chi connectivity index (χ3n) is 2.38. The van der Waals surface area contributed by atoms with Gasteiger partial charge in [-0.25, -0.2) is 21.7 Å². The van der Waals surface area contributed by atoms with Crippen LogP contribution in [0, 0.1) is 13.0 Å². The Morgan fingerprint density at radius 3 is 1.95 bits per heavy atom. The summed E-state index contributed by atoms with van der Waals surface area (Å²) < 4.78 is 0. The van der Waals surface area contributed by atoms with Gasteiger partial charge in [-0.3, -0.25) is 6.08 Å². The summed E-state index contributed by atoms with van der Waals surface area (Å²) in [6.07, 6.45) is 10.0. The Labute approximate surface area is 130 Å². The van der Waals surface area contributed by atoms with Gasteiger partial charge in [0.25, 0.3) is 0 Å². The molecule has 19 heavy (non-hydrogen) atoms. The van der Waals surface area contributed by atoms with Crippen molar-refractivity contribution in [2.75, 3.05) is 0 Å². The second-order valence-electron chi connectivity index (χ2n) is 3.59. The van der Waals surface area contributed by atoms with E-state index in [-0.39, 0.29) is 42.5 Å². The van der Waals surface area contributed by atoms with Crippen molar-refractivity contribution in [3.8, 4) is 0 Å². The molecule has 2 rings (SSSR count). The second-order valence-corrected chi connectivity index (χ2v) is 3.59. The van der Waals surface area contributed by atoms with Crippen molar-refractivity contribution < 1.29 is 45.6 Å². The average molecular weight is 424 g/mol. The maximum Gasteiger partial charge on any atom is 0.335 e. The quantitative estimate of drug-likeness (QED) is 0.566. The van der Waals surface area contributed by atoms with Gasteiger partial charge in [-0.05, 0) is 24.6 Å². The largest absolute Gasteiger partial charge is 0.478 e. The number of benzene rings is 1. The standard InChI is InChI=1S/C9H8O4.C5H5.Hf/c1-5-6(8(10)11)3-2-4-7(5)9(12)13;1-2-4-5-3-1;/h2-4H,1H3,(H,10,11)(H,12,13);1-3H,4H2;/q;-1;. The number of carbonyl (C=O) groups is 2. The summed E-state index contributed by atoms with van der Waals surface area (Å²) in [6.45, 7) is 1.48. The van der Waals surface area contributed by atoms with Crippen molar-refractivity contribution >= 4 is 11.9 Å². The molecule has 0 saturated carbocycles. The van der Waals surface area contributed by atoms with E-state index in [1.165, 1.54) is 25.1 Å². The van der Waals surface area contributed by atoms with E-state index >= 15 is 0 Å². The molecule has 0 aromatic heterocycles. The number of aromatic carboxylic acids is 2. The molecule has 1 aliphatic carbocycles. The molecule has 4 nitrogen and oxygen atoms in total. The maximum absolute atomic E-state index is 10.6. The molecule has 0 atom stereocenters. The predicted octanol–water partition coefficient (Wildman–Crippen LogP) is 2.69. The van der Waals surface area contributed by atoms with Crippen LogP contribution in [0.25, 0.3) is 0 Å². The maximum atomic E-state index is 10.6. The number of hydrogen-bond donors (Lipinski definition) is 2. The normalized spacial score (nSPS) is 11.2. The van der Waals surface area contributed by atoms with Crippen LogP contribution < -0.4 is 0 Å². The van der Waals surface area contributed by atoms with Gasteiger partial charge in [-0.2, -0.15) is 6.08 Å². The summed E-state index contributed by atoms with van der Waals surface area (Å²) in [4.78, 5) is 21.2. The van der Waals surface area contributed by atoms with Gasteiger partial charge in [-0.15, -0.1) is 6.42 Å². The van der Waals surface area contributed by atoms with Gasteiger partial charge in [0.2, 0.25) is 0 Å². The first kappa shape index (κ1) is 17.5. The van der Waals surface area contributed by atoms with Crippen molar-refractivity contribution in [1.29, 1.82) is 0 Å². The third kappa shape index (κ3) is 5.34. The zero-order chi connectivity index (χ0) is 13.5. The summed E-state index contributed by atoms with van der Waals surface area (Å²) in [7, 11) is 0. The summed E-state index contributed by atoms with van der Waals surface area (Å²) in [5, 5.41) is 17.4. The van der Waals surface area contributed by atoms with Crippen LogP contribution in [0.3, 0.4) is 0 Å². The fourth-order valence-electron chi connectivity index (χ4n) is 1.44. The molecule has 1 aromatic rings. The first-order valence-corrected chi connectivity index (χ1v) is 5.32. The summed E-state index contributed by atoms with van der Waals surface area (Å²) >= 11 is 0. The molecule has 98 valence electrons. The van der Waals surface area contributed by atoms with Crippen LogP contribution in [-0.4, -0.2) is 22.2 Å². The van der Waals surface area contributed by atoms with E-state index in [4.69, 9.17) is 10.2 Å². The molecule has 1 aromatic carbocycles. The second kappa shape index (κ2) is 8.58. The van der Waals surface area contributed by atoms with Gasteiger partial charge in [0, 0.05) is 25.8 Å². The van der Waals surface area contributed by atoms with Crippen molar-refractivity contribution in [3.05, 3.63) is 59.2 Å². The van der Waals surface area contributed by atoms with Crippen molar-refractivity contribution in [3.63, 3.8) is 0 Å². The molecule has 0 spiro atoms. The molecule has 0 radical (unpaired) electrons. The average Bonchev–Trinajstić information content (AvgIpc) is 2.87. The number of hydrogen-bond acceptors (Lipinski definition) is 2. The number of carboxylic acids is 2. The summed E-state index contributed by atoms with van der Waals surface area (Å²) in [6, 6.07) is 4.17. The van der Waals surface area contributed by atoms with Crippen LogP contribution in [0.5, 0.6) is 0 Å². The molecule has 0 aliphatic heterocycles. The van der Waals surface area contributed by atoms with Gasteiger partial charge >= 0.3 is 11.9 Å². The van der Waals surface area contributed by atoms with Crippen LogP contribution in [0.2, 0.25) is 0 Å². The zero-order valence-corrected chi connectivity index (χ0v) is 14.0. The third-order valence-corrected chi connectivity index (χ3v) is 2.38. The Bertz CT molecular complexity index is 476. The van der Waals surface area contributed by atoms with Crippen LogP contribution in [-0.2, 0) is 25.8 Å². The number of allylic oxidation sites excluding steroid dienone is 4. The van der Waals surface area contributed by atoms with Crippen LogP contribution in [0.4, 0.5) is 0 Å². The predicted molar refractivity (Wildman–Crippen MR) is 66.7 cm³/mol. The Kier molecular flexibility index (Phi) is 7.91. The van der Waals surface area contributed by atoms with E-state index in [9.17, 15) is 9.59 Å². The zero-order valence-electron chi connectivity index (χ0n) is 10.4. The van der Waals surface area contributed by atoms with E-state index in [0.29, 0.717) is 0 Å². The van der Waals surface area contributed by atoms with Crippen LogP contribution in [0.15, 0.2) is 36.4 Å². The topological polar surface area (TPSA) is 74.6 Å². The van der Waals surface area contributed by atoms with Gasteiger partial charge < -0.3 is 10.2 Å². The minimum Gasteiger partial charge on any atom is -0.478 e. The Morgan fingerprint density at radius 2 is 1.68 bits per heavy atom. The summed E-state index contributed by atoms with van der Waals surface area (Å²) in [5.41, 5.74) is 0.335. The molecule has 0 unspecified atom stereocenters. The van der Waals surface area contributed by atoms with Crippen LogP contribution >= 0.6 is 0 Å². The van der Waals surface area contributed by atoms with E-state index < -0.39 is 11.9 Å². The SMILES string of the molecule is Cc1c(C(=O)O)cccc1C(=O)O.[C-]1=CC=CC1.[Hf]. The molecule has 2 N–H and O–H groups in total.